The Kier molecular flexibility index (Phi) is 4.31. The van der Waals surface area contributed by atoms with Crippen molar-refractivity contribution in [3.63, 3.8) is 0 Å². The van der Waals surface area contributed by atoms with Gasteiger partial charge in [-0.2, -0.15) is 13.2 Å². The van der Waals surface area contributed by atoms with Crippen LogP contribution in [0.1, 0.15) is 5.56 Å². The molecule has 0 fully saturated rings. The van der Waals surface area contributed by atoms with Crippen molar-refractivity contribution in [3.05, 3.63) is 60.4 Å². The third-order valence-electron chi connectivity index (χ3n) is 4.13. The van der Waals surface area contributed by atoms with Crippen LogP contribution in [0.2, 0.25) is 0 Å². The Hall–Kier alpha value is -3.29. The number of hydrogen-bond donors (Lipinski definition) is 2. The van der Waals surface area contributed by atoms with Crippen molar-refractivity contribution in [3.8, 4) is 22.9 Å². The van der Waals surface area contributed by atoms with Crippen LogP contribution in [0.15, 0.2) is 54.9 Å². The van der Waals surface area contributed by atoms with E-state index in [4.69, 9.17) is 4.74 Å². The summed E-state index contributed by atoms with van der Waals surface area (Å²) in [6.07, 6.45) is -3.05. The monoisotopic (exact) mass is 372 g/mol. The molecular weight excluding hydrogens is 357 g/mol. The van der Waals surface area contributed by atoms with E-state index in [9.17, 15) is 13.2 Å². The molecule has 0 bridgehead atoms. The molecule has 0 saturated carbocycles. The lowest BCUT2D eigenvalue weighted by molar-refractivity contribution is -0.137. The molecule has 8 heteroatoms. The van der Waals surface area contributed by atoms with Crippen LogP contribution < -0.4 is 15.4 Å². The molecule has 3 aromatic rings. The van der Waals surface area contributed by atoms with Gasteiger partial charge in [0.15, 0.2) is 5.75 Å². The van der Waals surface area contributed by atoms with Gasteiger partial charge in [0.05, 0.1) is 16.9 Å². The van der Waals surface area contributed by atoms with E-state index in [2.05, 4.69) is 20.6 Å². The molecule has 5 nitrogen and oxygen atoms in total. The predicted octanol–water partition coefficient (Wildman–Crippen LogP) is 4.79. The first-order chi connectivity index (χ1) is 13.0. The van der Waals surface area contributed by atoms with E-state index in [0.717, 1.165) is 36.6 Å². The first-order valence-electron chi connectivity index (χ1n) is 8.29. The Bertz CT molecular complexity index is 958. The average Bonchev–Trinajstić information content (AvgIpc) is 2.68. The topological polar surface area (TPSA) is 59.1 Å². The standard InChI is InChI=1S/C19H15F3N4O/c20-19(21,22)13-6-4-12(5-7-13)15-10-17(26-11-25-15)27-16-3-1-2-14-18(16)24-9-8-23-14/h1-7,10-11,23-24H,8-9H2. The van der Waals surface area contributed by atoms with E-state index in [1.807, 2.05) is 18.2 Å². The van der Waals surface area contributed by atoms with Crippen molar-refractivity contribution < 1.29 is 17.9 Å². The largest absolute Gasteiger partial charge is 0.437 e. The fourth-order valence-electron chi connectivity index (χ4n) is 2.83. The summed E-state index contributed by atoms with van der Waals surface area (Å²) in [6, 6.07) is 12.0. The van der Waals surface area contributed by atoms with Crippen LogP contribution in [-0.4, -0.2) is 23.1 Å². The first kappa shape index (κ1) is 17.1. The molecule has 1 aliphatic heterocycles. The van der Waals surface area contributed by atoms with Crippen LogP contribution in [0, 0.1) is 0 Å². The van der Waals surface area contributed by atoms with Crippen molar-refractivity contribution >= 4 is 11.4 Å². The molecule has 2 aromatic carbocycles. The Labute approximate surface area is 153 Å². The third kappa shape index (κ3) is 3.64. The highest BCUT2D eigenvalue weighted by Gasteiger charge is 2.30. The van der Waals surface area contributed by atoms with Crippen molar-refractivity contribution in [1.82, 2.24) is 9.97 Å². The third-order valence-corrected chi connectivity index (χ3v) is 4.13. The van der Waals surface area contributed by atoms with E-state index < -0.39 is 11.7 Å². The highest BCUT2D eigenvalue weighted by Crippen LogP contribution is 2.37. The lowest BCUT2D eigenvalue weighted by atomic mass is 10.1. The molecule has 0 spiro atoms. The second kappa shape index (κ2) is 6.79. The zero-order valence-corrected chi connectivity index (χ0v) is 14.0. The lowest BCUT2D eigenvalue weighted by Crippen LogP contribution is -2.20. The maximum absolute atomic E-state index is 12.7. The molecule has 2 N–H and O–H groups in total. The molecule has 2 heterocycles. The van der Waals surface area contributed by atoms with Gasteiger partial charge in [0.25, 0.3) is 0 Å². The average molecular weight is 372 g/mol. The van der Waals surface area contributed by atoms with Crippen LogP contribution in [0.4, 0.5) is 24.5 Å². The number of benzene rings is 2. The summed E-state index contributed by atoms with van der Waals surface area (Å²) in [5.41, 5.74) is 2.11. The quantitative estimate of drug-likeness (QED) is 0.692. The smallest absolute Gasteiger partial charge is 0.416 e. The molecule has 0 atom stereocenters. The van der Waals surface area contributed by atoms with Crippen molar-refractivity contribution in [2.75, 3.05) is 23.7 Å². The van der Waals surface area contributed by atoms with E-state index in [1.165, 1.54) is 18.5 Å². The van der Waals surface area contributed by atoms with Crippen molar-refractivity contribution in [2.24, 2.45) is 0 Å². The minimum Gasteiger partial charge on any atom is -0.437 e. The molecule has 1 aliphatic rings. The van der Waals surface area contributed by atoms with E-state index in [-0.39, 0.29) is 0 Å². The Morgan fingerprint density at radius 2 is 1.70 bits per heavy atom. The maximum atomic E-state index is 12.7. The van der Waals surface area contributed by atoms with Gasteiger partial charge in [0, 0.05) is 24.7 Å². The molecule has 138 valence electrons. The van der Waals surface area contributed by atoms with Gasteiger partial charge in [-0.25, -0.2) is 9.97 Å². The normalized spacial score (nSPS) is 13.3. The Balaban J connectivity index is 1.60. The second-order valence-corrected chi connectivity index (χ2v) is 5.95. The minimum absolute atomic E-state index is 0.306. The molecule has 0 aliphatic carbocycles. The Morgan fingerprint density at radius 3 is 2.48 bits per heavy atom. The number of fused-ring (bicyclic) bond motifs is 1. The second-order valence-electron chi connectivity index (χ2n) is 5.95. The number of para-hydroxylation sites is 1. The van der Waals surface area contributed by atoms with E-state index >= 15 is 0 Å². The van der Waals surface area contributed by atoms with Gasteiger partial charge in [0.1, 0.15) is 12.0 Å². The van der Waals surface area contributed by atoms with Gasteiger partial charge < -0.3 is 15.4 Å². The molecule has 1 aromatic heterocycles. The number of nitrogens with zero attached hydrogens (tertiary/aromatic N) is 2. The summed E-state index contributed by atoms with van der Waals surface area (Å²) in [4.78, 5) is 8.23. The number of hydrogen-bond acceptors (Lipinski definition) is 5. The highest BCUT2D eigenvalue weighted by atomic mass is 19.4. The number of anilines is 2. The van der Waals surface area contributed by atoms with Crippen LogP contribution in [-0.2, 0) is 6.18 Å². The van der Waals surface area contributed by atoms with Crippen LogP contribution in [0.5, 0.6) is 11.6 Å². The molecule has 0 amide bonds. The lowest BCUT2D eigenvalue weighted by Gasteiger charge is -2.22. The zero-order valence-electron chi connectivity index (χ0n) is 14.0. The highest BCUT2D eigenvalue weighted by molar-refractivity contribution is 5.77. The van der Waals surface area contributed by atoms with Crippen LogP contribution in [0.25, 0.3) is 11.3 Å². The van der Waals surface area contributed by atoms with E-state index in [1.54, 1.807) is 6.07 Å². The number of ether oxygens (including phenoxy) is 1. The summed E-state index contributed by atoms with van der Waals surface area (Å²) in [6.45, 7) is 1.59. The van der Waals surface area contributed by atoms with Gasteiger partial charge in [0.2, 0.25) is 5.88 Å². The van der Waals surface area contributed by atoms with Gasteiger partial charge in [-0.05, 0) is 24.3 Å². The fourth-order valence-corrected chi connectivity index (χ4v) is 2.83. The molecule has 4 rings (SSSR count). The van der Waals surface area contributed by atoms with Gasteiger partial charge >= 0.3 is 6.18 Å². The Morgan fingerprint density at radius 1 is 0.926 bits per heavy atom. The number of halogens is 3. The molecular formula is C19H15F3N4O. The van der Waals surface area contributed by atoms with Crippen LogP contribution in [0.3, 0.4) is 0 Å². The van der Waals surface area contributed by atoms with Gasteiger partial charge in [-0.15, -0.1) is 0 Å². The molecule has 0 radical (unpaired) electrons. The first-order valence-corrected chi connectivity index (χ1v) is 8.29. The number of rotatable bonds is 3. The molecule has 0 saturated heterocycles. The maximum Gasteiger partial charge on any atom is 0.416 e. The fraction of sp³-hybridized carbons (Fsp3) is 0.158. The van der Waals surface area contributed by atoms with Crippen molar-refractivity contribution in [1.29, 1.82) is 0 Å². The minimum atomic E-state index is -4.37. The summed E-state index contributed by atoms with van der Waals surface area (Å²) < 4.78 is 44.0. The number of nitrogens with one attached hydrogen (secondary N) is 2. The predicted molar refractivity (Wildman–Crippen MR) is 96.0 cm³/mol. The summed E-state index contributed by atoms with van der Waals surface area (Å²) in [5.74, 6) is 0.914. The van der Waals surface area contributed by atoms with Gasteiger partial charge in [-0.3, -0.25) is 0 Å². The summed E-state index contributed by atoms with van der Waals surface area (Å²) in [5, 5.41) is 6.56. The van der Waals surface area contributed by atoms with E-state index in [0.29, 0.717) is 22.9 Å². The summed E-state index contributed by atoms with van der Waals surface area (Å²) in [7, 11) is 0. The molecule has 0 unspecified atom stereocenters. The SMILES string of the molecule is FC(F)(F)c1ccc(-c2cc(Oc3cccc4c3NCCN4)ncn2)cc1. The summed E-state index contributed by atoms with van der Waals surface area (Å²) >= 11 is 0. The van der Waals surface area contributed by atoms with Crippen LogP contribution >= 0.6 is 0 Å². The van der Waals surface area contributed by atoms with Gasteiger partial charge in [-0.1, -0.05) is 18.2 Å². The van der Waals surface area contributed by atoms with Crippen molar-refractivity contribution in [2.45, 2.75) is 6.18 Å². The zero-order chi connectivity index (χ0) is 18.9. The molecule has 27 heavy (non-hydrogen) atoms. The number of alkyl halides is 3. The number of aromatic nitrogens is 2.